The number of anilines is 1. The molecule has 1 aromatic carbocycles. The number of aliphatic carboxylic acids is 1. The van der Waals surface area contributed by atoms with Gasteiger partial charge >= 0.3 is 99.3 Å². The van der Waals surface area contributed by atoms with Crippen LogP contribution < -0.4 is 5.32 Å². The molecule has 4 nitrogen and oxygen atoms in total. The molecule has 5 heteroatoms. The summed E-state index contributed by atoms with van der Waals surface area (Å²) in [6.45, 7) is 0.608. The molecule has 0 radical (unpaired) electrons. The Morgan fingerprint density at radius 2 is 2.14 bits per heavy atom. The molecule has 1 saturated heterocycles. The second-order valence-corrected chi connectivity index (χ2v) is 5.16. The first kappa shape index (κ1) is 16.6. The fourth-order valence-electron chi connectivity index (χ4n) is 2.15. The van der Waals surface area contributed by atoms with Crippen molar-refractivity contribution in [1.82, 2.24) is 0 Å². The molecule has 1 fully saturated rings. The van der Waals surface area contributed by atoms with Gasteiger partial charge < -0.3 is 9.84 Å². The van der Waals surface area contributed by atoms with Crippen molar-refractivity contribution in [1.29, 1.82) is 0 Å². The summed E-state index contributed by atoms with van der Waals surface area (Å²) in [6, 6.07) is 10.2. The minimum atomic E-state index is -0.831. The Morgan fingerprint density at radius 3 is 2.64 bits per heavy atom. The minimum absolute atomic E-state index is 0.519. The molecule has 22 heavy (non-hydrogen) atoms. The zero-order valence-corrected chi connectivity index (χ0v) is 12.7. The first-order chi connectivity index (χ1) is 10.7. The molecule has 2 aliphatic rings. The van der Waals surface area contributed by atoms with Crippen molar-refractivity contribution >= 4 is 29.4 Å². The van der Waals surface area contributed by atoms with Crippen molar-refractivity contribution in [2.45, 2.75) is 18.9 Å². The van der Waals surface area contributed by atoms with E-state index in [9.17, 15) is 4.79 Å². The summed E-state index contributed by atoms with van der Waals surface area (Å²) in [6.07, 6.45) is 9.35. The van der Waals surface area contributed by atoms with E-state index in [1.54, 1.807) is 0 Å². The van der Waals surface area contributed by atoms with Crippen LogP contribution in [0.2, 0.25) is 0 Å². The van der Waals surface area contributed by atoms with Crippen molar-refractivity contribution in [2.75, 3.05) is 11.9 Å². The molecule has 1 aliphatic carbocycles. The number of carbonyl (C=O) groups is 1. The van der Waals surface area contributed by atoms with Crippen LogP contribution >= 0.6 is 0 Å². The van der Waals surface area contributed by atoms with Crippen molar-refractivity contribution in [3.05, 3.63) is 64.6 Å². The van der Waals surface area contributed by atoms with Crippen LogP contribution in [0.1, 0.15) is 12.8 Å². The molecular weight excluding hydrogens is 273 g/mol. The molecule has 0 saturated carbocycles. The Hall–Kier alpha value is -1.73. The number of ether oxygens (including phenoxy) is 1. The van der Waals surface area contributed by atoms with Gasteiger partial charge in [-0.1, -0.05) is 0 Å². The summed E-state index contributed by atoms with van der Waals surface area (Å²) in [5.41, 5.74) is 2.36. The van der Waals surface area contributed by atoms with Gasteiger partial charge in [0.2, 0.25) is 0 Å². The van der Waals surface area contributed by atoms with Crippen molar-refractivity contribution < 1.29 is 14.6 Å². The fourth-order valence-corrected chi connectivity index (χ4v) is 2.15. The maximum absolute atomic E-state index is 10.1. The van der Waals surface area contributed by atoms with Crippen LogP contribution in [0.3, 0.4) is 0 Å². The van der Waals surface area contributed by atoms with Crippen molar-refractivity contribution in [3.63, 3.8) is 0 Å². The topological polar surface area (TPSA) is 58.6 Å². The summed E-state index contributed by atoms with van der Waals surface area (Å²) in [7, 11) is 0. The number of carboxylic acid groups (broad SMARTS) is 1. The Labute approximate surface area is 139 Å². The van der Waals surface area contributed by atoms with Gasteiger partial charge in [-0.15, -0.1) is 0 Å². The molecule has 3 rings (SSSR count). The Morgan fingerprint density at radius 1 is 1.36 bits per heavy atom. The zero-order chi connectivity index (χ0) is 15.8. The number of carboxylic acids is 1. The Balaban J connectivity index is 0.000000188. The standard InChI is InChI=1S/C12H10N.C5H8O3.Li/c1-2-8-12(9-3-1)13-10-11-6-4-5-7-11;6-5(7)4-2-1-3-8-4;/h1-6,8-10,13H;4H,1-3H2,(H,6,7);. The molecule has 0 spiro atoms. The van der Waals surface area contributed by atoms with E-state index in [1.807, 2.05) is 24.4 Å². The fraction of sp³-hybridized carbons (Fsp3) is 0.235. The Kier molecular flexibility index (Phi) is 6.54. The summed E-state index contributed by atoms with van der Waals surface area (Å²) in [5.74, 6) is -0.831. The van der Waals surface area contributed by atoms with Crippen LogP contribution in [0.25, 0.3) is 0 Å². The number of hydrogen-bond acceptors (Lipinski definition) is 3. The van der Waals surface area contributed by atoms with Crippen LogP contribution in [-0.4, -0.2) is 41.5 Å². The average Bonchev–Trinajstić information content (AvgIpc) is 3.18. The van der Waals surface area contributed by atoms with Gasteiger partial charge in [-0.25, -0.2) is 4.79 Å². The molecule has 110 valence electrons. The zero-order valence-electron chi connectivity index (χ0n) is 12.7. The van der Waals surface area contributed by atoms with E-state index in [2.05, 4.69) is 53.4 Å². The second kappa shape index (κ2) is 8.65. The molecule has 0 aromatic heterocycles. The average molecular weight is 291 g/mol. The van der Waals surface area contributed by atoms with Crippen LogP contribution in [-0.2, 0) is 9.53 Å². The third kappa shape index (κ3) is 5.23. The number of allylic oxidation sites excluding steroid dienone is 5. The summed E-state index contributed by atoms with van der Waals surface area (Å²) in [5, 5.41) is 11.6. The number of nitrogens with one attached hydrogen (secondary N) is 1. The van der Waals surface area contributed by atoms with Gasteiger partial charge in [-0.2, -0.15) is 0 Å². The van der Waals surface area contributed by atoms with Crippen molar-refractivity contribution in [3.8, 4) is 0 Å². The number of benzene rings is 1. The first-order valence-electron chi connectivity index (χ1n) is 7.38. The molecule has 1 aromatic rings. The van der Waals surface area contributed by atoms with Crippen LogP contribution in [0.5, 0.6) is 0 Å². The van der Waals surface area contributed by atoms with E-state index in [4.69, 9.17) is 9.84 Å². The quantitative estimate of drug-likeness (QED) is 0.841. The predicted molar refractivity (Wildman–Crippen MR) is 87.7 cm³/mol. The van der Waals surface area contributed by atoms with Gasteiger partial charge in [0.1, 0.15) is 0 Å². The van der Waals surface area contributed by atoms with Crippen LogP contribution in [0.4, 0.5) is 5.69 Å². The molecule has 1 unspecified atom stereocenters. The molecular formula is C17H18LiNO3. The van der Waals surface area contributed by atoms with Gasteiger partial charge in [0, 0.05) is 6.61 Å². The van der Waals surface area contributed by atoms with E-state index in [0.29, 0.717) is 13.0 Å². The van der Waals surface area contributed by atoms with Crippen LogP contribution in [0, 0.1) is 0 Å². The number of para-hydroxylation sites is 1. The molecule has 0 bridgehead atoms. The van der Waals surface area contributed by atoms with E-state index in [-0.39, 0.29) is 0 Å². The molecule has 1 aliphatic heterocycles. The predicted octanol–water partition coefficient (Wildman–Crippen LogP) is 2.85. The monoisotopic (exact) mass is 291 g/mol. The van der Waals surface area contributed by atoms with Gasteiger partial charge in [0.05, 0.1) is 0 Å². The van der Waals surface area contributed by atoms with E-state index in [0.717, 1.165) is 12.1 Å². The summed E-state index contributed by atoms with van der Waals surface area (Å²) < 4.78 is 6.11. The second-order valence-electron chi connectivity index (χ2n) is 5.16. The SMILES string of the molecule is O=C(O)C1CCCO1.[Li][C]1=CC=CC1=CNc1ccccc1. The third-order valence-corrected chi connectivity index (χ3v) is 3.45. The van der Waals surface area contributed by atoms with Crippen LogP contribution in [0.15, 0.2) is 64.6 Å². The van der Waals surface area contributed by atoms with E-state index < -0.39 is 12.1 Å². The first-order valence-corrected chi connectivity index (χ1v) is 7.38. The molecule has 1 heterocycles. The van der Waals surface area contributed by atoms with Crippen molar-refractivity contribution in [2.24, 2.45) is 0 Å². The third-order valence-electron chi connectivity index (χ3n) is 3.45. The van der Waals surface area contributed by atoms with E-state index >= 15 is 0 Å². The number of rotatable bonds is 3. The van der Waals surface area contributed by atoms with Gasteiger partial charge in [0.15, 0.2) is 6.10 Å². The van der Waals surface area contributed by atoms with Gasteiger partial charge in [-0.3, -0.25) is 0 Å². The number of hydrogen-bond donors (Lipinski definition) is 2. The Bertz CT molecular complexity index is 587. The molecule has 1 atom stereocenters. The molecule has 0 amide bonds. The molecule has 2 N–H and O–H groups in total. The normalized spacial score (nSPS) is 21.3. The van der Waals surface area contributed by atoms with E-state index in [1.165, 1.54) is 9.82 Å². The van der Waals surface area contributed by atoms with Gasteiger partial charge in [0.25, 0.3) is 0 Å². The summed E-state index contributed by atoms with van der Waals surface area (Å²) in [4.78, 5) is 10.1. The van der Waals surface area contributed by atoms with Gasteiger partial charge in [-0.05, 0) is 12.8 Å². The maximum atomic E-state index is 10.1. The summed E-state index contributed by atoms with van der Waals surface area (Å²) >= 11 is 2.11.